The number of hydrogen-bond acceptors (Lipinski definition) is 4. The highest BCUT2D eigenvalue weighted by Gasteiger charge is 2.05. The molecular formula is C22H18BrClN2O3. The van der Waals surface area contributed by atoms with Crippen molar-refractivity contribution in [3.63, 3.8) is 0 Å². The molecule has 0 aliphatic carbocycles. The van der Waals surface area contributed by atoms with E-state index in [4.69, 9.17) is 21.1 Å². The minimum Gasteiger partial charge on any atom is -0.488 e. The molecule has 0 fully saturated rings. The van der Waals surface area contributed by atoms with Gasteiger partial charge in [0, 0.05) is 15.1 Å². The van der Waals surface area contributed by atoms with E-state index in [0.29, 0.717) is 23.1 Å². The molecule has 0 saturated carbocycles. The topological polar surface area (TPSA) is 59.9 Å². The Morgan fingerprint density at radius 2 is 1.79 bits per heavy atom. The number of hydrazone groups is 1. The van der Waals surface area contributed by atoms with Gasteiger partial charge in [-0.3, -0.25) is 4.79 Å². The van der Waals surface area contributed by atoms with Crippen molar-refractivity contribution in [2.45, 2.75) is 6.61 Å². The molecule has 5 nitrogen and oxygen atoms in total. The molecule has 7 heteroatoms. The Morgan fingerprint density at radius 1 is 1.03 bits per heavy atom. The van der Waals surface area contributed by atoms with Gasteiger partial charge in [0.15, 0.2) is 6.61 Å². The Hall–Kier alpha value is -2.83. The molecule has 0 aliphatic rings. The highest BCUT2D eigenvalue weighted by Crippen LogP contribution is 2.23. The van der Waals surface area contributed by atoms with Gasteiger partial charge in [-0.25, -0.2) is 5.43 Å². The monoisotopic (exact) mass is 472 g/mol. The van der Waals surface area contributed by atoms with Crippen LogP contribution in [0.5, 0.6) is 11.5 Å². The Bertz CT molecular complexity index is 979. The molecule has 0 heterocycles. The van der Waals surface area contributed by atoms with E-state index in [1.54, 1.807) is 24.3 Å². The normalized spacial score (nSPS) is 10.7. The zero-order valence-electron chi connectivity index (χ0n) is 15.3. The second-order valence-electron chi connectivity index (χ2n) is 5.99. The van der Waals surface area contributed by atoms with Crippen molar-refractivity contribution in [2.24, 2.45) is 5.10 Å². The van der Waals surface area contributed by atoms with E-state index in [-0.39, 0.29) is 12.5 Å². The SMILES string of the molecule is O=C(COc1ccc(Cl)cc1)N/N=C\c1cc(Br)ccc1OCc1ccccc1. The first-order valence-electron chi connectivity index (χ1n) is 8.77. The second-order valence-corrected chi connectivity index (χ2v) is 7.34. The minimum atomic E-state index is -0.377. The molecule has 1 N–H and O–H groups in total. The average Bonchev–Trinajstić information content (AvgIpc) is 2.73. The molecule has 3 aromatic carbocycles. The standard InChI is InChI=1S/C22H18BrClN2O3/c23-18-6-11-21(29-14-16-4-2-1-3-5-16)17(12-18)13-25-26-22(27)15-28-20-9-7-19(24)8-10-20/h1-13H,14-15H2,(H,26,27)/b25-13-. The lowest BCUT2D eigenvalue weighted by atomic mass is 10.2. The van der Waals surface area contributed by atoms with Gasteiger partial charge in [-0.1, -0.05) is 57.9 Å². The summed E-state index contributed by atoms with van der Waals surface area (Å²) in [5.41, 5.74) is 4.23. The number of hydrogen-bond donors (Lipinski definition) is 1. The predicted molar refractivity (Wildman–Crippen MR) is 118 cm³/mol. The summed E-state index contributed by atoms with van der Waals surface area (Å²) in [4.78, 5) is 11.9. The molecule has 3 rings (SSSR count). The van der Waals surface area contributed by atoms with E-state index < -0.39 is 0 Å². The highest BCUT2D eigenvalue weighted by molar-refractivity contribution is 9.10. The van der Waals surface area contributed by atoms with Gasteiger partial charge in [0.1, 0.15) is 18.1 Å². The number of carbonyl (C=O) groups excluding carboxylic acids is 1. The lowest BCUT2D eigenvalue weighted by Gasteiger charge is -2.10. The third-order valence-electron chi connectivity index (χ3n) is 3.79. The van der Waals surface area contributed by atoms with Crippen LogP contribution >= 0.6 is 27.5 Å². The fourth-order valence-electron chi connectivity index (χ4n) is 2.37. The Balaban J connectivity index is 1.55. The van der Waals surface area contributed by atoms with Crippen LogP contribution in [0, 0.1) is 0 Å². The van der Waals surface area contributed by atoms with E-state index in [1.165, 1.54) is 6.21 Å². The number of nitrogens with one attached hydrogen (secondary N) is 1. The molecule has 1 amide bonds. The van der Waals surface area contributed by atoms with E-state index in [9.17, 15) is 4.79 Å². The number of halogens is 2. The van der Waals surface area contributed by atoms with Crippen LogP contribution in [0.1, 0.15) is 11.1 Å². The van der Waals surface area contributed by atoms with Gasteiger partial charge in [0.05, 0.1) is 6.21 Å². The smallest absolute Gasteiger partial charge is 0.277 e. The number of benzene rings is 3. The van der Waals surface area contributed by atoms with Crippen molar-refractivity contribution in [3.8, 4) is 11.5 Å². The number of ether oxygens (including phenoxy) is 2. The summed E-state index contributed by atoms with van der Waals surface area (Å²) in [6.07, 6.45) is 1.53. The zero-order chi connectivity index (χ0) is 20.5. The average molecular weight is 474 g/mol. The van der Waals surface area contributed by atoms with Crippen LogP contribution in [-0.4, -0.2) is 18.7 Å². The van der Waals surface area contributed by atoms with Crippen LogP contribution in [0.2, 0.25) is 5.02 Å². The number of rotatable bonds is 8. The maximum Gasteiger partial charge on any atom is 0.277 e. The van der Waals surface area contributed by atoms with Gasteiger partial charge >= 0.3 is 0 Å². The molecule has 0 saturated heterocycles. The summed E-state index contributed by atoms with van der Waals surface area (Å²) in [6.45, 7) is 0.277. The van der Waals surface area contributed by atoms with Gasteiger partial charge in [0.25, 0.3) is 5.91 Å². The maximum atomic E-state index is 11.9. The molecule has 3 aromatic rings. The van der Waals surface area contributed by atoms with Crippen LogP contribution in [0.25, 0.3) is 0 Å². The van der Waals surface area contributed by atoms with Crippen LogP contribution in [0.15, 0.2) is 82.4 Å². The van der Waals surface area contributed by atoms with Crippen LogP contribution in [0.3, 0.4) is 0 Å². The van der Waals surface area contributed by atoms with Gasteiger partial charge in [0.2, 0.25) is 0 Å². The molecule has 148 valence electrons. The summed E-state index contributed by atoms with van der Waals surface area (Å²) in [5, 5.41) is 4.60. The summed E-state index contributed by atoms with van der Waals surface area (Å²) in [5.74, 6) is 0.836. The van der Waals surface area contributed by atoms with Crippen molar-refractivity contribution >= 4 is 39.7 Å². The first-order valence-corrected chi connectivity index (χ1v) is 9.94. The largest absolute Gasteiger partial charge is 0.488 e. The second kappa shape index (κ2) is 10.6. The Labute approximate surface area is 182 Å². The fraction of sp³-hybridized carbons (Fsp3) is 0.0909. The quantitative estimate of drug-likeness (QED) is 0.361. The van der Waals surface area contributed by atoms with E-state index in [2.05, 4.69) is 26.5 Å². The molecule has 0 aromatic heterocycles. The van der Waals surface area contributed by atoms with Gasteiger partial charge < -0.3 is 9.47 Å². The number of carbonyl (C=O) groups is 1. The van der Waals surface area contributed by atoms with Crippen LogP contribution < -0.4 is 14.9 Å². The number of amides is 1. The number of nitrogens with zero attached hydrogens (tertiary/aromatic N) is 1. The zero-order valence-corrected chi connectivity index (χ0v) is 17.7. The van der Waals surface area contributed by atoms with Crippen molar-refractivity contribution in [3.05, 3.63) is 93.4 Å². The van der Waals surface area contributed by atoms with E-state index in [1.807, 2.05) is 48.5 Å². The van der Waals surface area contributed by atoms with Crippen LogP contribution in [-0.2, 0) is 11.4 Å². The molecule has 0 spiro atoms. The molecule has 0 unspecified atom stereocenters. The van der Waals surface area contributed by atoms with Crippen molar-refractivity contribution in [1.29, 1.82) is 0 Å². The molecule has 0 aliphatic heterocycles. The maximum absolute atomic E-state index is 11.9. The summed E-state index contributed by atoms with van der Waals surface area (Å²) in [7, 11) is 0. The lowest BCUT2D eigenvalue weighted by molar-refractivity contribution is -0.123. The van der Waals surface area contributed by atoms with E-state index in [0.717, 1.165) is 15.6 Å². The molecule has 0 bridgehead atoms. The minimum absolute atomic E-state index is 0.158. The van der Waals surface area contributed by atoms with Crippen molar-refractivity contribution in [2.75, 3.05) is 6.61 Å². The van der Waals surface area contributed by atoms with Gasteiger partial charge in [-0.05, 0) is 48.0 Å². The Morgan fingerprint density at radius 3 is 2.55 bits per heavy atom. The molecular weight excluding hydrogens is 456 g/mol. The Kier molecular flexibility index (Phi) is 7.67. The molecule has 0 radical (unpaired) electrons. The first kappa shape index (κ1) is 20.9. The highest BCUT2D eigenvalue weighted by atomic mass is 79.9. The summed E-state index contributed by atoms with van der Waals surface area (Å²) >= 11 is 9.25. The van der Waals surface area contributed by atoms with Crippen molar-refractivity contribution < 1.29 is 14.3 Å². The molecule has 0 atom stereocenters. The van der Waals surface area contributed by atoms with Crippen molar-refractivity contribution in [1.82, 2.24) is 5.43 Å². The summed E-state index contributed by atoms with van der Waals surface area (Å²) < 4.78 is 12.1. The first-order chi connectivity index (χ1) is 14.1. The van der Waals surface area contributed by atoms with Crippen LogP contribution in [0.4, 0.5) is 0 Å². The predicted octanol–water partition coefficient (Wildman–Crippen LogP) is 5.21. The third kappa shape index (κ3) is 6.93. The fourth-order valence-corrected chi connectivity index (χ4v) is 2.88. The molecule has 29 heavy (non-hydrogen) atoms. The van der Waals surface area contributed by atoms with E-state index >= 15 is 0 Å². The summed E-state index contributed by atoms with van der Waals surface area (Å²) in [6, 6.07) is 22.2. The lowest BCUT2D eigenvalue weighted by Crippen LogP contribution is -2.24. The third-order valence-corrected chi connectivity index (χ3v) is 4.53. The van der Waals surface area contributed by atoms with Gasteiger partial charge in [-0.15, -0.1) is 0 Å². The van der Waals surface area contributed by atoms with Gasteiger partial charge in [-0.2, -0.15) is 5.10 Å².